The van der Waals surface area contributed by atoms with Gasteiger partial charge in [-0.1, -0.05) is 0 Å². The number of rotatable bonds is 1. The molecule has 0 aromatic carbocycles. The molecule has 0 radical (unpaired) electrons. The Morgan fingerprint density at radius 3 is 2.14 bits per heavy atom. The number of likely N-dealkylation sites (N-methyl/N-ethyl adjacent to an activating group) is 1. The van der Waals surface area contributed by atoms with Crippen LogP contribution >= 0.6 is 0 Å². The first-order chi connectivity index (χ1) is 9.81. The van der Waals surface area contributed by atoms with Crippen LogP contribution in [-0.2, 0) is 4.74 Å². The standard InChI is InChI=1S/C9H19NO.C8H15NO/c1-9(2,11)8-5-4-6-10(3)7-8;1-9-5-2-3-8(7-9)4-6-10-8/h8,11H,4-7H2,1-3H3;2-7H2,1H3. The van der Waals surface area contributed by atoms with E-state index in [1.165, 1.54) is 45.2 Å². The lowest BCUT2D eigenvalue weighted by molar-refractivity contribution is -0.173. The third kappa shape index (κ3) is 4.92. The number of nitrogens with zero attached hydrogens (tertiary/aromatic N) is 2. The Labute approximate surface area is 130 Å². The summed E-state index contributed by atoms with van der Waals surface area (Å²) in [6.07, 6.45) is 6.30. The van der Waals surface area contributed by atoms with Gasteiger partial charge < -0.3 is 19.6 Å². The molecular formula is C17H34N2O2. The van der Waals surface area contributed by atoms with E-state index >= 15 is 0 Å². The van der Waals surface area contributed by atoms with Gasteiger partial charge in [0.2, 0.25) is 0 Å². The molecule has 3 heterocycles. The fourth-order valence-electron chi connectivity index (χ4n) is 3.78. The molecule has 0 amide bonds. The monoisotopic (exact) mass is 298 g/mol. The summed E-state index contributed by atoms with van der Waals surface area (Å²) < 4.78 is 5.59. The number of piperidine rings is 2. The lowest BCUT2D eigenvalue weighted by Crippen LogP contribution is -2.54. The molecule has 0 bridgehead atoms. The fourth-order valence-corrected chi connectivity index (χ4v) is 3.78. The number of ether oxygens (including phenoxy) is 1. The van der Waals surface area contributed by atoms with Gasteiger partial charge in [0.1, 0.15) is 0 Å². The number of hydrogen-bond donors (Lipinski definition) is 1. The van der Waals surface area contributed by atoms with Crippen LogP contribution < -0.4 is 0 Å². The van der Waals surface area contributed by atoms with E-state index in [2.05, 4.69) is 23.9 Å². The molecule has 3 aliphatic rings. The molecular weight excluding hydrogens is 264 g/mol. The minimum atomic E-state index is -0.491. The largest absolute Gasteiger partial charge is 0.390 e. The molecule has 4 heteroatoms. The van der Waals surface area contributed by atoms with E-state index in [1.807, 2.05) is 13.8 Å². The summed E-state index contributed by atoms with van der Waals surface area (Å²) in [6, 6.07) is 0. The highest BCUT2D eigenvalue weighted by molar-refractivity contribution is 4.92. The molecule has 124 valence electrons. The Morgan fingerprint density at radius 2 is 1.76 bits per heavy atom. The Kier molecular flexibility index (Phi) is 5.69. The molecule has 0 aromatic heterocycles. The third-order valence-electron chi connectivity index (χ3n) is 5.32. The maximum atomic E-state index is 9.73. The van der Waals surface area contributed by atoms with Crippen LogP contribution in [-0.4, -0.2) is 73.0 Å². The zero-order chi connectivity index (χ0) is 15.5. The van der Waals surface area contributed by atoms with Crippen molar-refractivity contribution >= 4 is 0 Å². The molecule has 3 aliphatic heterocycles. The molecule has 1 N–H and O–H groups in total. The van der Waals surface area contributed by atoms with Crippen molar-refractivity contribution in [2.24, 2.45) is 5.92 Å². The van der Waals surface area contributed by atoms with Crippen molar-refractivity contribution in [1.29, 1.82) is 0 Å². The molecule has 0 aromatic rings. The SMILES string of the molecule is CN1CCCC(C(C)(C)O)C1.CN1CCCC2(CCO2)C1. The topological polar surface area (TPSA) is 35.9 Å². The van der Waals surface area contributed by atoms with Crippen molar-refractivity contribution in [3.05, 3.63) is 0 Å². The minimum Gasteiger partial charge on any atom is -0.390 e. The molecule has 4 nitrogen and oxygen atoms in total. The smallest absolute Gasteiger partial charge is 0.0831 e. The van der Waals surface area contributed by atoms with Crippen molar-refractivity contribution in [2.45, 2.75) is 57.2 Å². The molecule has 3 fully saturated rings. The Bertz CT molecular complexity index is 323. The molecule has 3 saturated heterocycles. The van der Waals surface area contributed by atoms with E-state index in [0.717, 1.165) is 19.7 Å². The molecule has 3 rings (SSSR count). The van der Waals surface area contributed by atoms with E-state index in [0.29, 0.717) is 11.5 Å². The van der Waals surface area contributed by atoms with Gasteiger partial charge in [-0.3, -0.25) is 0 Å². The lowest BCUT2D eigenvalue weighted by atomic mass is 9.84. The predicted molar refractivity (Wildman–Crippen MR) is 86.5 cm³/mol. The molecule has 2 atom stereocenters. The van der Waals surface area contributed by atoms with Crippen LogP contribution in [0.25, 0.3) is 0 Å². The maximum Gasteiger partial charge on any atom is 0.0831 e. The van der Waals surface area contributed by atoms with Gasteiger partial charge in [-0.25, -0.2) is 0 Å². The summed E-state index contributed by atoms with van der Waals surface area (Å²) in [6.45, 7) is 9.47. The Hall–Kier alpha value is -0.160. The highest BCUT2D eigenvalue weighted by Crippen LogP contribution is 2.34. The van der Waals surface area contributed by atoms with E-state index in [9.17, 15) is 5.11 Å². The van der Waals surface area contributed by atoms with Gasteiger partial charge in [-0.15, -0.1) is 0 Å². The molecule has 21 heavy (non-hydrogen) atoms. The van der Waals surface area contributed by atoms with Gasteiger partial charge in [-0.2, -0.15) is 0 Å². The summed E-state index contributed by atoms with van der Waals surface area (Å²) in [5, 5.41) is 9.73. The van der Waals surface area contributed by atoms with Crippen LogP contribution in [0.5, 0.6) is 0 Å². The van der Waals surface area contributed by atoms with Crippen molar-refractivity contribution in [3.8, 4) is 0 Å². The van der Waals surface area contributed by atoms with Gasteiger partial charge in [0.25, 0.3) is 0 Å². The number of likely N-dealkylation sites (tertiary alicyclic amines) is 2. The summed E-state index contributed by atoms with van der Waals surface area (Å²) in [5.74, 6) is 0.459. The Balaban J connectivity index is 0.000000154. The van der Waals surface area contributed by atoms with Crippen molar-refractivity contribution < 1.29 is 9.84 Å². The first-order valence-electron chi connectivity index (χ1n) is 8.54. The van der Waals surface area contributed by atoms with E-state index in [-0.39, 0.29) is 0 Å². The predicted octanol–water partition coefficient (Wildman–Crippen LogP) is 1.97. The molecule has 0 aliphatic carbocycles. The van der Waals surface area contributed by atoms with Crippen molar-refractivity contribution in [2.75, 3.05) is 46.9 Å². The van der Waals surface area contributed by atoms with Crippen LogP contribution in [0.2, 0.25) is 0 Å². The summed E-state index contributed by atoms with van der Waals surface area (Å²) in [7, 11) is 4.31. The highest BCUT2D eigenvalue weighted by Gasteiger charge is 2.40. The van der Waals surface area contributed by atoms with Gasteiger partial charge in [0, 0.05) is 19.5 Å². The van der Waals surface area contributed by atoms with Crippen LogP contribution in [0.4, 0.5) is 0 Å². The minimum absolute atomic E-state index is 0.299. The fraction of sp³-hybridized carbons (Fsp3) is 1.00. The second kappa shape index (κ2) is 6.95. The van der Waals surface area contributed by atoms with Crippen LogP contribution in [0.1, 0.15) is 46.0 Å². The first kappa shape index (κ1) is 17.2. The lowest BCUT2D eigenvalue weighted by Gasteiger charge is -2.47. The third-order valence-corrected chi connectivity index (χ3v) is 5.32. The van der Waals surface area contributed by atoms with Crippen LogP contribution in [0, 0.1) is 5.92 Å². The van der Waals surface area contributed by atoms with Gasteiger partial charge >= 0.3 is 0 Å². The average Bonchev–Trinajstić information content (AvgIpc) is 2.37. The van der Waals surface area contributed by atoms with Gasteiger partial charge in [-0.05, 0) is 72.6 Å². The quantitative estimate of drug-likeness (QED) is 0.803. The van der Waals surface area contributed by atoms with E-state index < -0.39 is 5.60 Å². The number of hydrogen-bond acceptors (Lipinski definition) is 4. The molecule has 1 spiro atoms. The maximum absolute atomic E-state index is 9.73. The van der Waals surface area contributed by atoms with E-state index in [4.69, 9.17) is 4.74 Å². The zero-order valence-corrected chi connectivity index (χ0v) is 14.4. The van der Waals surface area contributed by atoms with Gasteiger partial charge in [0.05, 0.1) is 17.8 Å². The van der Waals surface area contributed by atoms with Crippen molar-refractivity contribution in [1.82, 2.24) is 9.80 Å². The Morgan fingerprint density at radius 1 is 1.10 bits per heavy atom. The highest BCUT2D eigenvalue weighted by atomic mass is 16.5. The van der Waals surface area contributed by atoms with Crippen molar-refractivity contribution in [3.63, 3.8) is 0 Å². The second-order valence-electron chi connectivity index (χ2n) is 7.88. The zero-order valence-electron chi connectivity index (χ0n) is 14.4. The van der Waals surface area contributed by atoms with Crippen LogP contribution in [0.15, 0.2) is 0 Å². The summed E-state index contributed by atoms with van der Waals surface area (Å²) in [5.41, 5.74) is -0.193. The summed E-state index contributed by atoms with van der Waals surface area (Å²) >= 11 is 0. The van der Waals surface area contributed by atoms with Gasteiger partial charge in [0.15, 0.2) is 0 Å². The molecule has 0 saturated carbocycles. The average molecular weight is 298 g/mol. The first-order valence-corrected chi connectivity index (χ1v) is 8.54. The normalized spacial score (nSPS) is 35.0. The van der Waals surface area contributed by atoms with Crippen LogP contribution in [0.3, 0.4) is 0 Å². The molecule has 2 unspecified atom stereocenters. The number of aliphatic hydroxyl groups is 1. The summed E-state index contributed by atoms with van der Waals surface area (Å²) in [4.78, 5) is 4.68. The van der Waals surface area contributed by atoms with E-state index in [1.54, 1.807) is 0 Å². The second-order valence-corrected chi connectivity index (χ2v) is 7.88.